The first kappa shape index (κ1) is 25.4. The molecule has 0 saturated heterocycles. The van der Waals surface area contributed by atoms with E-state index in [0.29, 0.717) is 29.0 Å². The highest BCUT2D eigenvalue weighted by atomic mass is 28.4. The molecule has 3 heterocycles. The summed E-state index contributed by atoms with van der Waals surface area (Å²) in [4.78, 5) is 19.1. The second kappa shape index (κ2) is 10.9. The van der Waals surface area contributed by atoms with Gasteiger partial charge in [-0.3, -0.25) is 4.79 Å². The van der Waals surface area contributed by atoms with Gasteiger partial charge in [0.2, 0.25) is 0 Å². The molecule has 41 heavy (non-hydrogen) atoms. The normalized spacial score (nSPS) is 20.5. The highest BCUT2D eigenvalue weighted by Crippen LogP contribution is 2.50. The van der Waals surface area contributed by atoms with E-state index in [4.69, 9.17) is 23.0 Å². The molecule has 0 N–H and O–H groups in total. The molecule has 0 aliphatic carbocycles. The molecule has 218 valence electrons. The number of alkyl halides is 2. The maximum atomic E-state index is 13.6. The van der Waals surface area contributed by atoms with E-state index in [-0.39, 0.29) is 41.0 Å². The number of imidazole rings is 1. The van der Waals surface area contributed by atoms with E-state index < -0.39 is 39.9 Å². The summed E-state index contributed by atoms with van der Waals surface area (Å²) in [7, 11) is -1.88. The number of rotatable bonds is 7. The Morgan fingerprint density at radius 2 is 2.00 bits per heavy atom. The number of fused-ring (bicyclic) bond motifs is 9. The predicted octanol–water partition coefficient (Wildman–Crippen LogP) is 6.54. The zero-order valence-corrected chi connectivity index (χ0v) is 25.1. The van der Waals surface area contributed by atoms with Gasteiger partial charge < -0.3 is 23.4 Å². The fourth-order valence-electron chi connectivity index (χ4n) is 5.10. The lowest BCUT2D eigenvalue weighted by atomic mass is 9.97. The number of halogens is 2. The summed E-state index contributed by atoms with van der Waals surface area (Å²) < 4.78 is 70.0. The molecule has 0 fully saturated rings. The van der Waals surface area contributed by atoms with Crippen molar-refractivity contribution in [3.05, 3.63) is 58.9 Å². The fourth-order valence-corrected chi connectivity index (χ4v) is 6.18. The summed E-state index contributed by atoms with van der Waals surface area (Å²) in [5.74, 6) is 5.58. The van der Waals surface area contributed by atoms with Gasteiger partial charge >= 0.3 is 6.61 Å². The van der Waals surface area contributed by atoms with Crippen LogP contribution in [0.4, 0.5) is 8.78 Å². The maximum Gasteiger partial charge on any atom is 0.387 e. The van der Waals surface area contributed by atoms with E-state index in [9.17, 15) is 13.6 Å². The summed E-state index contributed by atoms with van der Waals surface area (Å²) in [6.45, 7) is 7.69. The van der Waals surface area contributed by atoms with Crippen molar-refractivity contribution in [3.8, 4) is 17.6 Å². The third kappa shape index (κ3) is 5.50. The third-order valence-corrected chi connectivity index (χ3v) is 12.8. The van der Waals surface area contributed by atoms with Gasteiger partial charge in [0, 0.05) is 34.2 Å². The SMILES string of the molecule is [2H]C([2H])([2H])N1C(=O)c2cccc(OC(F)F)c2[C@H]2C[C@@H]1c1nc3ccc(C#CCOC(C)CO[Si](C)(C)C(C)(C)C)cc3n12. The molecular formula is C31H37F2N3O4Si. The summed E-state index contributed by atoms with van der Waals surface area (Å²) in [6, 6.07) is 8.08. The van der Waals surface area contributed by atoms with Crippen LogP contribution in [0.1, 0.15) is 77.6 Å². The predicted molar refractivity (Wildman–Crippen MR) is 156 cm³/mol. The minimum atomic E-state index is -3.12. The molecule has 0 saturated carbocycles. The molecule has 2 aromatic carbocycles. The molecule has 5 rings (SSSR count). The fraction of sp³-hybridized carbons (Fsp3) is 0.484. The first-order chi connectivity index (χ1) is 20.5. The number of nitrogens with zero attached hydrogens (tertiary/aromatic N) is 3. The quantitative estimate of drug-likeness (QED) is 0.233. The number of hydrogen-bond acceptors (Lipinski definition) is 5. The largest absolute Gasteiger partial charge is 0.434 e. The van der Waals surface area contributed by atoms with Crippen LogP contribution < -0.4 is 4.74 Å². The molecular weight excluding hydrogens is 544 g/mol. The zero-order valence-electron chi connectivity index (χ0n) is 27.1. The molecule has 2 aliphatic rings. The summed E-state index contributed by atoms with van der Waals surface area (Å²) in [5, 5.41) is 0.108. The number of carbonyl (C=O) groups is 1. The smallest absolute Gasteiger partial charge is 0.387 e. The maximum absolute atomic E-state index is 13.6. The van der Waals surface area contributed by atoms with Crippen LogP contribution in [0, 0.1) is 11.8 Å². The molecule has 2 bridgehead atoms. The van der Waals surface area contributed by atoms with Gasteiger partial charge in [0.1, 0.15) is 18.2 Å². The Labute approximate surface area is 245 Å². The van der Waals surface area contributed by atoms with Crippen molar-refractivity contribution in [2.75, 3.05) is 20.2 Å². The van der Waals surface area contributed by atoms with Crippen molar-refractivity contribution in [2.45, 2.75) is 77.0 Å². The molecule has 7 nitrogen and oxygen atoms in total. The number of benzene rings is 2. The minimum Gasteiger partial charge on any atom is -0.434 e. The van der Waals surface area contributed by atoms with Crippen LogP contribution in [-0.2, 0) is 9.16 Å². The van der Waals surface area contributed by atoms with Crippen molar-refractivity contribution < 1.29 is 31.6 Å². The molecule has 10 heteroatoms. The molecule has 1 amide bonds. The van der Waals surface area contributed by atoms with Crippen molar-refractivity contribution in [1.82, 2.24) is 14.5 Å². The van der Waals surface area contributed by atoms with Gasteiger partial charge in [0.05, 0.1) is 35.8 Å². The highest BCUT2D eigenvalue weighted by Gasteiger charge is 2.45. The Morgan fingerprint density at radius 3 is 2.71 bits per heavy atom. The highest BCUT2D eigenvalue weighted by molar-refractivity contribution is 6.74. The van der Waals surface area contributed by atoms with E-state index in [1.54, 1.807) is 12.1 Å². The van der Waals surface area contributed by atoms with Gasteiger partial charge in [0.25, 0.3) is 5.91 Å². The van der Waals surface area contributed by atoms with Gasteiger partial charge in [-0.2, -0.15) is 8.78 Å². The molecule has 2 aliphatic heterocycles. The Kier molecular flexibility index (Phi) is 6.74. The van der Waals surface area contributed by atoms with E-state index in [1.807, 2.05) is 17.6 Å². The second-order valence-electron chi connectivity index (χ2n) is 12.1. The molecule has 1 aromatic heterocycles. The van der Waals surface area contributed by atoms with Crippen LogP contribution in [0.25, 0.3) is 11.0 Å². The topological polar surface area (TPSA) is 65.8 Å². The molecule has 3 aromatic rings. The number of hydrogen-bond donors (Lipinski definition) is 0. The van der Waals surface area contributed by atoms with E-state index in [0.717, 1.165) is 4.90 Å². The number of aromatic nitrogens is 2. The third-order valence-electron chi connectivity index (χ3n) is 8.31. The first-order valence-corrected chi connectivity index (χ1v) is 16.6. The van der Waals surface area contributed by atoms with Crippen LogP contribution in [-0.4, -0.2) is 61.6 Å². The molecule has 0 spiro atoms. The average molecular weight is 585 g/mol. The lowest BCUT2D eigenvalue weighted by Crippen LogP contribution is -2.42. The Bertz CT molecular complexity index is 1640. The molecule has 0 radical (unpaired) electrons. The van der Waals surface area contributed by atoms with Gasteiger partial charge in [-0.15, -0.1) is 0 Å². The average Bonchev–Trinajstić information content (AvgIpc) is 3.41. The lowest BCUT2D eigenvalue weighted by Gasteiger charge is -2.36. The van der Waals surface area contributed by atoms with Gasteiger partial charge in [-0.1, -0.05) is 38.7 Å². The van der Waals surface area contributed by atoms with Crippen molar-refractivity contribution >= 4 is 25.3 Å². The molecule has 1 unspecified atom stereocenters. The number of carbonyl (C=O) groups excluding carboxylic acids is 1. The van der Waals surface area contributed by atoms with Crippen LogP contribution in [0.5, 0.6) is 5.75 Å². The van der Waals surface area contributed by atoms with Crippen LogP contribution >= 0.6 is 0 Å². The standard InChI is InChI=1S/C31H37F2N3O4Si/c1-19(18-39-41(6,7)31(2,3)4)38-15-9-10-20-13-14-22-23(16-20)36-24-17-25(28(36)34-22)35(5)29(37)21-11-8-12-26(27(21)24)40-30(32)33/h8,11-14,16,19,24-25,30H,15,17-18H2,1-7H3/t19?,24-,25-/m1/s1/i5D3. The van der Waals surface area contributed by atoms with Crippen molar-refractivity contribution in [3.63, 3.8) is 0 Å². The van der Waals surface area contributed by atoms with E-state index >= 15 is 0 Å². The second-order valence-corrected chi connectivity index (χ2v) is 16.9. The van der Waals surface area contributed by atoms with Gasteiger partial charge in [0.15, 0.2) is 8.32 Å². The van der Waals surface area contributed by atoms with Crippen molar-refractivity contribution in [1.29, 1.82) is 0 Å². The van der Waals surface area contributed by atoms with E-state index in [2.05, 4.69) is 45.7 Å². The van der Waals surface area contributed by atoms with Crippen LogP contribution in [0.3, 0.4) is 0 Å². The van der Waals surface area contributed by atoms with Gasteiger partial charge in [-0.05, 0) is 55.4 Å². The Balaban J connectivity index is 1.45. The lowest BCUT2D eigenvalue weighted by molar-refractivity contribution is -0.0507. The Hall–Kier alpha value is -3.26. The number of ether oxygens (including phenoxy) is 2. The van der Waals surface area contributed by atoms with E-state index in [1.165, 1.54) is 18.2 Å². The van der Waals surface area contributed by atoms with Crippen LogP contribution in [0.15, 0.2) is 36.4 Å². The summed E-state index contributed by atoms with van der Waals surface area (Å²) in [6.07, 6.45) is 0.0215. The summed E-state index contributed by atoms with van der Waals surface area (Å²) >= 11 is 0. The van der Waals surface area contributed by atoms with Crippen LogP contribution in [0.2, 0.25) is 18.1 Å². The summed E-state index contributed by atoms with van der Waals surface area (Å²) in [5.41, 5.74) is 2.12. The number of amides is 1. The van der Waals surface area contributed by atoms with Crippen molar-refractivity contribution in [2.24, 2.45) is 0 Å². The first-order valence-electron chi connectivity index (χ1n) is 15.2. The monoisotopic (exact) mass is 584 g/mol. The molecule has 3 atom stereocenters. The minimum absolute atomic E-state index is 0.0130. The Morgan fingerprint density at radius 1 is 1.22 bits per heavy atom. The van der Waals surface area contributed by atoms with Gasteiger partial charge in [-0.25, -0.2) is 4.98 Å². The zero-order chi connectivity index (χ0) is 32.2.